The highest BCUT2D eigenvalue weighted by Crippen LogP contribution is 2.31. The monoisotopic (exact) mass is 218 g/mol. The van der Waals surface area contributed by atoms with E-state index >= 15 is 0 Å². The standard InChI is InChI=1S/C9H8Cl2O2/c1-13-7-4-2-3-6(9(7)12)5-8(10)11/h2-5,12H,1H3. The molecule has 70 valence electrons. The normalized spacial score (nSPS) is 9.46. The number of methoxy groups -OCH3 is 1. The van der Waals surface area contributed by atoms with E-state index in [4.69, 9.17) is 27.9 Å². The van der Waals surface area contributed by atoms with Crippen molar-refractivity contribution in [3.8, 4) is 11.5 Å². The van der Waals surface area contributed by atoms with Crippen LogP contribution in [-0.4, -0.2) is 12.2 Å². The van der Waals surface area contributed by atoms with E-state index in [2.05, 4.69) is 0 Å². The molecule has 0 atom stereocenters. The first-order valence-electron chi connectivity index (χ1n) is 3.54. The van der Waals surface area contributed by atoms with Crippen molar-refractivity contribution in [2.24, 2.45) is 0 Å². The van der Waals surface area contributed by atoms with Gasteiger partial charge in [0.05, 0.1) is 7.11 Å². The van der Waals surface area contributed by atoms with E-state index in [1.807, 2.05) is 0 Å². The number of rotatable bonds is 2. The van der Waals surface area contributed by atoms with Crippen LogP contribution in [0.1, 0.15) is 5.56 Å². The number of benzene rings is 1. The van der Waals surface area contributed by atoms with Crippen molar-refractivity contribution in [2.45, 2.75) is 0 Å². The molecule has 13 heavy (non-hydrogen) atoms. The maximum Gasteiger partial charge on any atom is 0.165 e. The topological polar surface area (TPSA) is 29.5 Å². The van der Waals surface area contributed by atoms with Crippen molar-refractivity contribution in [2.75, 3.05) is 7.11 Å². The zero-order valence-corrected chi connectivity index (χ0v) is 8.43. The van der Waals surface area contributed by atoms with Gasteiger partial charge in [-0.15, -0.1) is 0 Å². The molecule has 4 heteroatoms. The van der Waals surface area contributed by atoms with E-state index in [1.54, 1.807) is 18.2 Å². The van der Waals surface area contributed by atoms with Crippen molar-refractivity contribution in [1.82, 2.24) is 0 Å². The Bertz CT molecular complexity index is 330. The van der Waals surface area contributed by atoms with Gasteiger partial charge in [0.25, 0.3) is 0 Å². The van der Waals surface area contributed by atoms with E-state index in [9.17, 15) is 5.11 Å². The Balaban J connectivity index is 3.16. The van der Waals surface area contributed by atoms with Crippen molar-refractivity contribution in [3.63, 3.8) is 0 Å². The second-order valence-electron chi connectivity index (χ2n) is 2.33. The fraction of sp³-hybridized carbons (Fsp3) is 0.111. The van der Waals surface area contributed by atoms with Gasteiger partial charge in [-0.3, -0.25) is 0 Å². The molecule has 1 aromatic rings. The van der Waals surface area contributed by atoms with Crippen molar-refractivity contribution in [1.29, 1.82) is 0 Å². The third kappa shape index (κ3) is 2.54. The maximum atomic E-state index is 9.55. The van der Waals surface area contributed by atoms with Crippen LogP contribution < -0.4 is 4.74 Å². The summed E-state index contributed by atoms with van der Waals surface area (Å²) in [5.74, 6) is 0.423. The highest BCUT2D eigenvalue weighted by Gasteiger charge is 2.04. The van der Waals surface area contributed by atoms with Gasteiger partial charge in [0.1, 0.15) is 4.49 Å². The van der Waals surface area contributed by atoms with Crippen LogP contribution in [0.15, 0.2) is 22.7 Å². The van der Waals surface area contributed by atoms with Crippen LogP contribution in [-0.2, 0) is 0 Å². The van der Waals surface area contributed by atoms with Crippen molar-refractivity contribution < 1.29 is 9.84 Å². The molecule has 2 nitrogen and oxygen atoms in total. The zero-order chi connectivity index (χ0) is 9.84. The number of ether oxygens (including phenoxy) is 1. The van der Waals surface area contributed by atoms with Gasteiger partial charge in [-0.1, -0.05) is 35.3 Å². The molecule has 0 aliphatic carbocycles. The van der Waals surface area contributed by atoms with E-state index < -0.39 is 0 Å². The molecule has 0 aliphatic rings. The Morgan fingerprint density at radius 1 is 1.46 bits per heavy atom. The lowest BCUT2D eigenvalue weighted by molar-refractivity contribution is 0.373. The number of hydrogen-bond acceptors (Lipinski definition) is 2. The molecule has 0 amide bonds. The predicted octanol–water partition coefficient (Wildman–Crippen LogP) is 3.18. The van der Waals surface area contributed by atoms with E-state index in [0.717, 1.165) is 0 Å². The van der Waals surface area contributed by atoms with Crippen molar-refractivity contribution >= 4 is 29.3 Å². The first-order chi connectivity index (χ1) is 6.15. The molecule has 1 rings (SSSR count). The van der Waals surface area contributed by atoms with Crippen LogP contribution in [0, 0.1) is 0 Å². The second kappa shape index (κ2) is 4.40. The summed E-state index contributed by atoms with van der Waals surface area (Å²) < 4.78 is 4.99. The van der Waals surface area contributed by atoms with Crippen LogP contribution in [0.5, 0.6) is 11.5 Å². The fourth-order valence-corrected chi connectivity index (χ4v) is 1.17. The van der Waals surface area contributed by atoms with E-state index in [1.165, 1.54) is 13.2 Å². The fourth-order valence-electron chi connectivity index (χ4n) is 0.938. The van der Waals surface area contributed by atoms with Gasteiger partial charge in [-0.05, 0) is 12.1 Å². The van der Waals surface area contributed by atoms with Crippen LogP contribution in [0.4, 0.5) is 0 Å². The van der Waals surface area contributed by atoms with Crippen LogP contribution >= 0.6 is 23.2 Å². The number of halogens is 2. The van der Waals surface area contributed by atoms with Gasteiger partial charge in [-0.2, -0.15) is 0 Å². The molecule has 0 unspecified atom stereocenters. The molecule has 0 aromatic heterocycles. The molecule has 0 spiro atoms. The molecular formula is C9H8Cl2O2. The first-order valence-corrected chi connectivity index (χ1v) is 4.29. The number of phenols is 1. The molecule has 0 saturated carbocycles. The lowest BCUT2D eigenvalue weighted by atomic mass is 10.2. The van der Waals surface area contributed by atoms with Gasteiger partial charge in [0.15, 0.2) is 11.5 Å². The molecule has 1 aromatic carbocycles. The van der Waals surface area contributed by atoms with Gasteiger partial charge >= 0.3 is 0 Å². The minimum atomic E-state index is 0.0313. The summed E-state index contributed by atoms with van der Waals surface area (Å²) in [6.07, 6.45) is 1.45. The molecule has 0 radical (unpaired) electrons. The Hall–Kier alpha value is -0.860. The van der Waals surface area contributed by atoms with Gasteiger partial charge in [-0.25, -0.2) is 0 Å². The third-order valence-corrected chi connectivity index (χ3v) is 1.73. The highest BCUT2D eigenvalue weighted by molar-refractivity contribution is 6.57. The third-order valence-electron chi connectivity index (χ3n) is 1.51. The molecule has 0 heterocycles. The molecule has 0 aliphatic heterocycles. The Morgan fingerprint density at radius 2 is 2.15 bits per heavy atom. The van der Waals surface area contributed by atoms with Gasteiger partial charge in [0, 0.05) is 5.56 Å². The maximum absolute atomic E-state index is 9.55. The summed E-state index contributed by atoms with van der Waals surface area (Å²) in [5.41, 5.74) is 0.527. The van der Waals surface area contributed by atoms with E-state index in [0.29, 0.717) is 11.3 Å². The van der Waals surface area contributed by atoms with Crippen LogP contribution in [0.3, 0.4) is 0 Å². The van der Waals surface area contributed by atoms with E-state index in [-0.39, 0.29) is 10.2 Å². The number of phenolic OH excluding ortho intramolecular Hbond substituents is 1. The quantitative estimate of drug-likeness (QED) is 0.827. The lowest BCUT2D eigenvalue weighted by Crippen LogP contribution is -1.84. The molecule has 0 bridgehead atoms. The minimum Gasteiger partial charge on any atom is -0.504 e. The summed E-state index contributed by atoms with van der Waals surface area (Å²) in [5, 5.41) is 9.55. The molecule has 1 N–H and O–H groups in total. The Morgan fingerprint density at radius 3 is 2.69 bits per heavy atom. The van der Waals surface area contributed by atoms with Crippen LogP contribution in [0.25, 0.3) is 6.08 Å². The van der Waals surface area contributed by atoms with Crippen molar-refractivity contribution in [3.05, 3.63) is 28.3 Å². The van der Waals surface area contributed by atoms with Gasteiger partial charge in [0.2, 0.25) is 0 Å². The molecule has 0 saturated heterocycles. The van der Waals surface area contributed by atoms with Crippen LogP contribution in [0.2, 0.25) is 0 Å². The number of para-hydroxylation sites is 1. The SMILES string of the molecule is COc1cccc(C=C(Cl)Cl)c1O. The largest absolute Gasteiger partial charge is 0.504 e. The smallest absolute Gasteiger partial charge is 0.165 e. The summed E-state index contributed by atoms with van der Waals surface area (Å²) in [7, 11) is 1.48. The summed E-state index contributed by atoms with van der Waals surface area (Å²) in [6, 6.07) is 5.07. The zero-order valence-electron chi connectivity index (χ0n) is 6.92. The second-order valence-corrected chi connectivity index (χ2v) is 3.34. The number of aromatic hydroxyl groups is 1. The lowest BCUT2D eigenvalue weighted by Gasteiger charge is -2.04. The summed E-state index contributed by atoms with van der Waals surface area (Å²) >= 11 is 10.9. The Kier molecular flexibility index (Phi) is 3.46. The van der Waals surface area contributed by atoms with Gasteiger partial charge < -0.3 is 9.84 Å². The average molecular weight is 219 g/mol. The first kappa shape index (κ1) is 10.2. The summed E-state index contributed by atoms with van der Waals surface area (Å²) in [6.45, 7) is 0. The highest BCUT2D eigenvalue weighted by atomic mass is 35.5. The molecule has 0 fully saturated rings. The summed E-state index contributed by atoms with van der Waals surface area (Å²) in [4.78, 5) is 0. The molecular weight excluding hydrogens is 211 g/mol. The number of hydrogen-bond donors (Lipinski definition) is 1. The average Bonchev–Trinajstić information content (AvgIpc) is 2.08. The Labute approximate surface area is 86.4 Å². The minimum absolute atomic E-state index is 0.0313. The predicted molar refractivity (Wildman–Crippen MR) is 54.3 cm³/mol.